The number of aromatic amines is 1. The highest BCUT2D eigenvalue weighted by Gasteiger charge is 2.31. The number of hydrogen-bond donors (Lipinski definition) is 1. The van der Waals surface area contributed by atoms with Gasteiger partial charge in [0.05, 0.1) is 24.1 Å². The highest BCUT2D eigenvalue weighted by molar-refractivity contribution is 6.31. The van der Waals surface area contributed by atoms with Crippen molar-refractivity contribution in [3.8, 4) is 5.75 Å². The number of rotatable bonds is 2. The van der Waals surface area contributed by atoms with Gasteiger partial charge in [0, 0.05) is 10.6 Å². The van der Waals surface area contributed by atoms with Gasteiger partial charge >= 0.3 is 0 Å². The molecule has 1 N–H and O–H groups in total. The Morgan fingerprint density at radius 1 is 1.20 bits per heavy atom. The third-order valence-electron chi connectivity index (χ3n) is 4.61. The maximum atomic E-state index is 12.9. The standard InChI is InChI=1S/C19H15ClN2O3/c1-25-12-4-6-13-10(8-12)2-5-14(18(13)23)17-19(24)22-16-9-11(20)3-7-15(16)21-17/h3-4,6-9,14H,2,5H2,1H3,(H,22,24)/t14-/m0/s1. The van der Waals surface area contributed by atoms with Crippen LogP contribution < -0.4 is 10.3 Å². The number of ketones is 1. The van der Waals surface area contributed by atoms with Crippen LogP contribution in [0.5, 0.6) is 5.75 Å². The average Bonchev–Trinajstić information content (AvgIpc) is 2.61. The zero-order valence-electron chi connectivity index (χ0n) is 13.5. The van der Waals surface area contributed by atoms with Crippen molar-refractivity contribution in [2.75, 3.05) is 7.11 Å². The number of halogens is 1. The summed E-state index contributed by atoms with van der Waals surface area (Å²) in [6.45, 7) is 0. The molecule has 126 valence electrons. The Morgan fingerprint density at radius 3 is 2.84 bits per heavy atom. The van der Waals surface area contributed by atoms with E-state index in [0.29, 0.717) is 34.5 Å². The number of benzene rings is 2. The molecular weight excluding hydrogens is 340 g/mol. The van der Waals surface area contributed by atoms with Crippen molar-refractivity contribution in [3.63, 3.8) is 0 Å². The fraction of sp³-hybridized carbons (Fsp3) is 0.211. The molecule has 0 spiro atoms. The predicted molar refractivity (Wildman–Crippen MR) is 95.8 cm³/mol. The second kappa shape index (κ2) is 6.01. The lowest BCUT2D eigenvalue weighted by molar-refractivity contribution is 0.0943. The van der Waals surface area contributed by atoms with Crippen molar-refractivity contribution < 1.29 is 9.53 Å². The van der Waals surface area contributed by atoms with Crippen LogP contribution in [0.15, 0.2) is 41.2 Å². The van der Waals surface area contributed by atoms with Crippen LogP contribution in [-0.4, -0.2) is 22.9 Å². The van der Waals surface area contributed by atoms with Crippen LogP contribution in [0.3, 0.4) is 0 Å². The first-order valence-electron chi connectivity index (χ1n) is 7.97. The Bertz CT molecular complexity index is 1060. The minimum atomic E-state index is -0.537. The number of aryl methyl sites for hydroxylation is 1. The molecule has 3 aromatic rings. The van der Waals surface area contributed by atoms with Crippen LogP contribution in [0.1, 0.15) is 34.0 Å². The van der Waals surface area contributed by atoms with E-state index in [9.17, 15) is 9.59 Å². The molecule has 0 saturated heterocycles. The molecule has 1 aliphatic carbocycles. The van der Waals surface area contributed by atoms with Gasteiger partial charge in [0.2, 0.25) is 0 Å². The topological polar surface area (TPSA) is 72.0 Å². The minimum absolute atomic E-state index is 0.0739. The lowest BCUT2D eigenvalue weighted by Gasteiger charge is -2.23. The number of carbonyl (C=O) groups excluding carboxylic acids is 1. The Kier molecular flexibility index (Phi) is 3.81. The number of methoxy groups -OCH3 is 1. The van der Waals surface area contributed by atoms with E-state index in [1.165, 1.54) is 0 Å². The van der Waals surface area contributed by atoms with E-state index in [1.54, 1.807) is 37.4 Å². The summed E-state index contributed by atoms with van der Waals surface area (Å²) in [4.78, 5) is 32.6. The highest BCUT2D eigenvalue weighted by Crippen LogP contribution is 2.33. The third kappa shape index (κ3) is 2.70. The number of nitrogens with one attached hydrogen (secondary N) is 1. The second-order valence-corrected chi connectivity index (χ2v) is 6.53. The summed E-state index contributed by atoms with van der Waals surface area (Å²) in [7, 11) is 1.60. The Hall–Kier alpha value is -2.66. The maximum absolute atomic E-state index is 12.9. The van der Waals surface area contributed by atoms with Crippen molar-refractivity contribution >= 4 is 28.4 Å². The molecule has 0 radical (unpaired) electrons. The molecule has 1 aromatic heterocycles. The van der Waals surface area contributed by atoms with E-state index in [0.717, 1.165) is 11.3 Å². The molecule has 0 unspecified atom stereocenters. The number of fused-ring (bicyclic) bond motifs is 2. The number of hydrogen-bond acceptors (Lipinski definition) is 4. The third-order valence-corrected chi connectivity index (χ3v) is 4.84. The fourth-order valence-electron chi connectivity index (χ4n) is 3.33. The van der Waals surface area contributed by atoms with Gasteiger partial charge in [0.25, 0.3) is 5.56 Å². The summed E-state index contributed by atoms with van der Waals surface area (Å²) >= 11 is 5.95. The van der Waals surface area contributed by atoms with Crippen molar-refractivity contribution in [1.29, 1.82) is 0 Å². The van der Waals surface area contributed by atoms with E-state index in [4.69, 9.17) is 16.3 Å². The Labute approximate surface area is 148 Å². The summed E-state index contributed by atoms with van der Waals surface area (Å²) in [6.07, 6.45) is 1.25. The number of carbonyl (C=O) groups is 1. The molecule has 0 bridgehead atoms. The lowest BCUT2D eigenvalue weighted by Crippen LogP contribution is -2.28. The van der Waals surface area contributed by atoms with Crippen LogP contribution in [0.25, 0.3) is 11.0 Å². The largest absolute Gasteiger partial charge is 0.497 e. The first-order chi connectivity index (χ1) is 12.1. The summed E-state index contributed by atoms with van der Waals surface area (Å²) in [6, 6.07) is 10.5. The van der Waals surface area contributed by atoms with Gasteiger partial charge in [-0.2, -0.15) is 0 Å². The van der Waals surface area contributed by atoms with Crippen LogP contribution in [0.2, 0.25) is 5.02 Å². The molecule has 1 aliphatic rings. The number of H-pyrrole nitrogens is 1. The van der Waals surface area contributed by atoms with E-state index in [2.05, 4.69) is 9.97 Å². The first kappa shape index (κ1) is 15.8. The molecular formula is C19H15ClN2O3. The minimum Gasteiger partial charge on any atom is -0.497 e. The van der Waals surface area contributed by atoms with Gasteiger partial charge in [-0.05, 0) is 54.8 Å². The summed E-state index contributed by atoms with van der Waals surface area (Å²) in [5.74, 6) is 0.114. The zero-order valence-corrected chi connectivity index (χ0v) is 14.3. The highest BCUT2D eigenvalue weighted by atomic mass is 35.5. The number of ether oxygens (including phenoxy) is 1. The van der Waals surface area contributed by atoms with Gasteiger partial charge in [0.15, 0.2) is 5.78 Å². The number of Topliss-reactive ketones (excluding diaryl/α,β-unsaturated/α-hetero) is 1. The fourth-order valence-corrected chi connectivity index (χ4v) is 3.50. The van der Waals surface area contributed by atoms with E-state index < -0.39 is 5.92 Å². The molecule has 0 fully saturated rings. The van der Waals surface area contributed by atoms with E-state index in [1.807, 2.05) is 6.07 Å². The molecule has 1 atom stereocenters. The first-order valence-corrected chi connectivity index (χ1v) is 8.35. The van der Waals surface area contributed by atoms with Crippen molar-refractivity contribution in [2.24, 2.45) is 0 Å². The molecule has 5 nitrogen and oxygen atoms in total. The van der Waals surface area contributed by atoms with E-state index >= 15 is 0 Å². The quantitative estimate of drug-likeness (QED) is 0.764. The monoisotopic (exact) mass is 354 g/mol. The van der Waals surface area contributed by atoms with Crippen LogP contribution in [-0.2, 0) is 6.42 Å². The molecule has 0 aliphatic heterocycles. The average molecular weight is 355 g/mol. The smallest absolute Gasteiger partial charge is 0.270 e. The molecule has 1 heterocycles. The molecule has 0 saturated carbocycles. The molecule has 6 heteroatoms. The lowest BCUT2D eigenvalue weighted by atomic mass is 9.81. The van der Waals surface area contributed by atoms with Gasteiger partial charge < -0.3 is 9.72 Å². The van der Waals surface area contributed by atoms with Gasteiger partial charge in [-0.3, -0.25) is 9.59 Å². The molecule has 4 rings (SSSR count). The van der Waals surface area contributed by atoms with Crippen molar-refractivity contribution in [1.82, 2.24) is 9.97 Å². The van der Waals surface area contributed by atoms with Crippen molar-refractivity contribution in [3.05, 3.63) is 68.6 Å². The molecule has 25 heavy (non-hydrogen) atoms. The van der Waals surface area contributed by atoms with Gasteiger partial charge in [-0.1, -0.05) is 11.6 Å². The predicted octanol–water partition coefficient (Wildman–Crippen LogP) is 3.50. The summed E-state index contributed by atoms with van der Waals surface area (Å²) in [5.41, 5.74) is 2.69. The van der Waals surface area contributed by atoms with E-state index in [-0.39, 0.29) is 17.0 Å². The number of nitrogens with zero attached hydrogens (tertiary/aromatic N) is 1. The number of aromatic nitrogens is 2. The second-order valence-electron chi connectivity index (χ2n) is 6.09. The maximum Gasteiger partial charge on any atom is 0.270 e. The van der Waals surface area contributed by atoms with Crippen LogP contribution >= 0.6 is 11.6 Å². The Balaban J connectivity index is 1.78. The zero-order chi connectivity index (χ0) is 17.6. The molecule has 0 amide bonds. The summed E-state index contributed by atoms with van der Waals surface area (Å²) in [5, 5.41) is 0.523. The molecule has 2 aromatic carbocycles. The Morgan fingerprint density at radius 2 is 2.04 bits per heavy atom. The van der Waals surface area contributed by atoms with Gasteiger partial charge in [-0.25, -0.2) is 4.98 Å². The van der Waals surface area contributed by atoms with Gasteiger partial charge in [0.1, 0.15) is 11.4 Å². The van der Waals surface area contributed by atoms with Gasteiger partial charge in [-0.15, -0.1) is 0 Å². The SMILES string of the molecule is COc1ccc2c(c1)CC[C@@H](c1nc3ccc(Cl)cc3[nH]c1=O)C2=O. The summed E-state index contributed by atoms with van der Waals surface area (Å²) < 4.78 is 5.21. The van der Waals surface area contributed by atoms with Crippen LogP contribution in [0, 0.1) is 0 Å². The normalized spacial score (nSPS) is 16.7. The van der Waals surface area contributed by atoms with Crippen LogP contribution in [0.4, 0.5) is 0 Å². The van der Waals surface area contributed by atoms with Crippen molar-refractivity contribution in [2.45, 2.75) is 18.8 Å².